The van der Waals surface area contributed by atoms with Crippen LogP contribution in [-0.4, -0.2) is 27.9 Å². The zero-order valence-electron chi connectivity index (χ0n) is 21.4. The van der Waals surface area contributed by atoms with Crippen LogP contribution in [0, 0.1) is 11.3 Å². The topological polar surface area (TPSA) is 123 Å². The predicted octanol–water partition coefficient (Wildman–Crippen LogP) is 5.91. The molecule has 0 bridgehead atoms. The number of hydrogen-bond acceptors (Lipinski definition) is 8. The van der Waals surface area contributed by atoms with Crippen LogP contribution < -0.4 is 15.6 Å². The van der Waals surface area contributed by atoms with E-state index in [-0.39, 0.29) is 23.6 Å². The summed E-state index contributed by atoms with van der Waals surface area (Å²) in [4.78, 5) is 45.1. The highest BCUT2D eigenvalue weighted by Gasteiger charge is 2.28. The quantitative estimate of drug-likeness (QED) is 0.155. The Hall–Kier alpha value is -4.27. The monoisotopic (exact) mass is 618 g/mol. The van der Waals surface area contributed by atoms with Gasteiger partial charge in [0, 0.05) is 15.5 Å². The van der Waals surface area contributed by atoms with Crippen LogP contribution in [0.3, 0.4) is 0 Å². The zero-order valence-corrected chi connectivity index (χ0v) is 23.8. The van der Waals surface area contributed by atoms with Gasteiger partial charge in [-0.15, -0.1) is 11.3 Å². The Bertz CT molecular complexity index is 1750. The Morgan fingerprint density at radius 1 is 1.20 bits per heavy atom. The molecular formula is C29H23BrN4O5S. The number of hydrogen-bond donors (Lipinski definition) is 1. The lowest BCUT2D eigenvalue weighted by molar-refractivity contribution is -0.112. The molecule has 11 heteroatoms. The standard InChI is InChI=1S/C29H23BrN4O5S/c1-2-38-29(37)24-20-7-3-4-8-22(20)40-27(24)33-25(35)17(16-31)15-21-26(39-19-12-10-18(30)11-13-19)32-23-9-5-6-14-34(23)28(21)36/h5-6,9-15H,2-4,7-8H2,1H3,(H,33,35). The molecule has 9 nitrogen and oxygen atoms in total. The van der Waals surface area contributed by atoms with E-state index in [1.807, 2.05) is 6.07 Å². The normalized spacial score (nSPS) is 12.9. The van der Waals surface area contributed by atoms with Gasteiger partial charge in [-0.25, -0.2) is 4.79 Å². The minimum absolute atomic E-state index is 0.0575. The second-order valence-electron chi connectivity index (χ2n) is 8.88. The van der Waals surface area contributed by atoms with Crippen LogP contribution >= 0.6 is 27.3 Å². The third-order valence-corrected chi connectivity index (χ3v) is 8.03. The van der Waals surface area contributed by atoms with Crippen molar-refractivity contribution in [2.75, 3.05) is 11.9 Å². The van der Waals surface area contributed by atoms with Crippen molar-refractivity contribution in [3.8, 4) is 17.7 Å². The number of nitriles is 1. The molecule has 0 unspecified atom stereocenters. The van der Waals surface area contributed by atoms with Gasteiger partial charge >= 0.3 is 5.97 Å². The number of esters is 1. The summed E-state index contributed by atoms with van der Waals surface area (Å²) in [7, 11) is 0. The molecule has 4 aromatic rings. The summed E-state index contributed by atoms with van der Waals surface area (Å²) in [6, 6.07) is 13.9. The fraction of sp³-hybridized carbons (Fsp3) is 0.207. The maximum Gasteiger partial charge on any atom is 0.341 e. The van der Waals surface area contributed by atoms with Gasteiger partial charge < -0.3 is 14.8 Å². The highest BCUT2D eigenvalue weighted by atomic mass is 79.9. The van der Waals surface area contributed by atoms with E-state index in [2.05, 4.69) is 26.2 Å². The second kappa shape index (κ2) is 11.9. The maximum absolute atomic E-state index is 13.5. The van der Waals surface area contributed by atoms with Crippen LogP contribution in [0.5, 0.6) is 11.6 Å². The van der Waals surface area contributed by atoms with E-state index in [1.165, 1.54) is 15.7 Å². The Kier molecular flexibility index (Phi) is 8.09. The second-order valence-corrected chi connectivity index (χ2v) is 10.9. The van der Waals surface area contributed by atoms with Crippen molar-refractivity contribution < 1.29 is 19.1 Å². The molecule has 1 amide bonds. The summed E-state index contributed by atoms with van der Waals surface area (Å²) in [6.45, 7) is 1.91. The summed E-state index contributed by atoms with van der Waals surface area (Å²) in [5.74, 6) is -0.922. The zero-order chi connectivity index (χ0) is 28.2. The summed E-state index contributed by atoms with van der Waals surface area (Å²) >= 11 is 4.69. The number of amides is 1. The molecule has 1 aliphatic carbocycles. The van der Waals surface area contributed by atoms with Gasteiger partial charge in [0.15, 0.2) is 0 Å². The lowest BCUT2D eigenvalue weighted by Crippen LogP contribution is -2.20. The van der Waals surface area contributed by atoms with Crippen molar-refractivity contribution in [3.63, 3.8) is 0 Å². The van der Waals surface area contributed by atoms with Gasteiger partial charge in [-0.3, -0.25) is 14.0 Å². The summed E-state index contributed by atoms with van der Waals surface area (Å²) in [5, 5.41) is 13.0. The third-order valence-electron chi connectivity index (χ3n) is 6.29. The minimum Gasteiger partial charge on any atom is -0.462 e. The number of ether oxygens (including phenoxy) is 2. The molecule has 0 spiro atoms. The van der Waals surface area contributed by atoms with E-state index in [1.54, 1.807) is 55.6 Å². The number of nitrogens with zero attached hydrogens (tertiary/aromatic N) is 3. The number of benzene rings is 1. The van der Waals surface area contributed by atoms with Crippen molar-refractivity contribution in [3.05, 3.63) is 90.6 Å². The number of nitrogens with one attached hydrogen (secondary N) is 1. The molecule has 3 aromatic heterocycles. The number of pyridine rings is 1. The van der Waals surface area contributed by atoms with Gasteiger partial charge in [0.1, 0.15) is 33.6 Å². The molecule has 202 valence electrons. The Labute approximate surface area is 241 Å². The van der Waals surface area contributed by atoms with E-state index in [0.29, 0.717) is 28.4 Å². The van der Waals surface area contributed by atoms with Crippen LogP contribution in [0.1, 0.15) is 46.1 Å². The number of aryl methyl sites for hydroxylation is 1. The molecule has 5 rings (SSSR count). The van der Waals surface area contributed by atoms with Crippen LogP contribution in [0.15, 0.2) is 63.5 Å². The van der Waals surface area contributed by atoms with Crippen molar-refractivity contribution in [2.24, 2.45) is 0 Å². The maximum atomic E-state index is 13.5. The van der Waals surface area contributed by atoms with Crippen molar-refractivity contribution >= 4 is 55.9 Å². The lowest BCUT2D eigenvalue weighted by Gasteiger charge is -2.12. The molecule has 0 saturated heterocycles. The molecular weight excluding hydrogens is 596 g/mol. The number of aromatic nitrogens is 2. The molecule has 40 heavy (non-hydrogen) atoms. The fourth-order valence-electron chi connectivity index (χ4n) is 4.43. The number of thiophene rings is 1. The smallest absolute Gasteiger partial charge is 0.341 e. The van der Waals surface area contributed by atoms with Gasteiger partial charge in [-0.05, 0) is 80.6 Å². The van der Waals surface area contributed by atoms with E-state index in [0.717, 1.165) is 40.3 Å². The van der Waals surface area contributed by atoms with Crippen molar-refractivity contribution in [1.29, 1.82) is 5.26 Å². The molecule has 3 heterocycles. The molecule has 1 aromatic carbocycles. The van der Waals surface area contributed by atoms with Gasteiger partial charge in [0.2, 0.25) is 5.88 Å². The summed E-state index contributed by atoms with van der Waals surface area (Å²) in [6.07, 6.45) is 6.15. The third kappa shape index (κ3) is 5.54. The van der Waals surface area contributed by atoms with Crippen molar-refractivity contribution in [2.45, 2.75) is 32.6 Å². The average Bonchev–Trinajstić information content (AvgIpc) is 3.32. The number of rotatable bonds is 7. The number of anilines is 1. The van der Waals surface area contributed by atoms with Crippen LogP contribution in [-0.2, 0) is 22.4 Å². The molecule has 0 fully saturated rings. The molecule has 0 radical (unpaired) electrons. The first kappa shape index (κ1) is 27.3. The van der Waals surface area contributed by atoms with Crippen LogP contribution in [0.2, 0.25) is 0 Å². The SMILES string of the molecule is CCOC(=O)c1c(NC(=O)C(C#N)=Cc2c(Oc3ccc(Br)cc3)nc3ccccn3c2=O)sc2c1CCCC2. The lowest BCUT2D eigenvalue weighted by atomic mass is 9.95. The number of halogens is 1. The van der Waals surface area contributed by atoms with Gasteiger partial charge in [-0.1, -0.05) is 22.0 Å². The molecule has 0 aliphatic heterocycles. The Balaban J connectivity index is 1.55. The average molecular weight is 619 g/mol. The van der Waals surface area contributed by atoms with Gasteiger partial charge in [0.25, 0.3) is 11.5 Å². The fourth-order valence-corrected chi connectivity index (χ4v) is 5.97. The number of carbonyl (C=O) groups is 2. The highest BCUT2D eigenvalue weighted by Crippen LogP contribution is 2.39. The number of fused-ring (bicyclic) bond motifs is 2. The largest absolute Gasteiger partial charge is 0.462 e. The number of carbonyl (C=O) groups excluding carboxylic acids is 2. The summed E-state index contributed by atoms with van der Waals surface area (Å²) < 4.78 is 13.3. The van der Waals surface area contributed by atoms with E-state index in [4.69, 9.17) is 9.47 Å². The Morgan fingerprint density at radius 2 is 1.98 bits per heavy atom. The molecule has 0 saturated carbocycles. The van der Waals surface area contributed by atoms with E-state index >= 15 is 0 Å². The predicted molar refractivity (Wildman–Crippen MR) is 155 cm³/mol. The Morgan fingerprint density at radius 3 is 2.73 bits per heavy atom. The van der Waals surface area contributed by atoms with E-state index < -0.39 is 17.4 Å². The highest BCUT2D eigenvalue weighted by molar-refractivity contribution is 9.10. The van der Waals surface area contributed by atoms with Crippen molar-refractivity contribution in [1.82, 2.24) is 9.38 Å². The molecule has 1 N–H and O–H groups in total. The molecule has 0 atom stereocenters. The van der Waals surface area contributed by atoms with E-state index in [9.17, 15) is 19.6 Å². The van der Waals surface area contributed by atoms with Crippen LogP contribution in [0.25, 0.3) is 11.7 Å². The first-order chi connectivity index (χ1) is 19.4. The van der Waals surface area contributed by atoms with Crippen LogP contribution in [0.4, 0.5) is 5.00 Å². The summed E-state index contributed by atoms with van der Waals surface area (Å²) in [5.41, 5.74) is 0.611. The minimum atomic E-state index is -0.765. The van der Waals surface area contributed by atoms with Gasteiger partial charge in [-0.2, -0.15) is 10.2 Å². The van der Waals surface area contributed by atoms with Gasteiger partial charge in [0.05, 0.1) is 12.2 Å². The molecule has 1 aliphatic rings. The first-order valence-corrected chi connectivity index (χ1v) is 14.2. The first-order valence-electron chi connectivity index (χ1n) is 12.6.